The van der Waals surface area contributed by atoms with E-state index in [0.717, 1.165) is 12.1 Å². The molecule has 0 aliphatic carbocycles. The van der Waals surface area contributed by atoms with Gasteiger partial charge in [0.25, 0.3) is 0 Å². The van der Waals surface area contributed by atoms with Crippen molar-refractivity contribution in [3.63, 3.8) is 0 Å². The van der Waals surface area contributed by atoms with Gasteiger partial charge in [0.05, 0.1) is 13.2 Å². The largest absolute Gasteiger partial charge is 0.396 e. The fourth-order valence-corrected chi connectivity index (χ4v) is 3.23. The molecule has 23 heavy (non-hydrogen) atoms. The van der Waals surface area contributed by atoms with Gasteiger partial charge in [-0.25, -0.2) is 4.39 Å². The molecule has 2 aromatic rings. The molecule has 1 aliphatic heterocycles. The first-order valence-corrected chi connectivity index (χ1v) is 7.53. The Balaban J connectivity index is 0.00000192. The molecular weight excluding hydrogens is 317 g/mol. The molecule has 0 aromatic heterocycles. The Bertz CT molecular complexity index is 617. The van der Waals surface area contributed by atoms with Crippen LogP contribution in [0.1, 0.15) is 17.0 Å². The van der Waals surface area contributed by atoms with E-state index < -0.39 is 5.60 Å². The van der Waals surface area contributed by atoms with Crippen molar-refractivity contribution >= 4 is 12.4 Å². The van der Waals surface area contributed by atoms with Crippen LogP contribution in [0.5, 0.6) is 0 Å². The van der Waals surface area contributed by atoms with E-state index in [1.165, 1.54) is 6.07 Å². The predicted octanol–water partition coefficient (Wildman–Crippen LogP) is 2.84. The summed E-state index contributed by atoms with van der Waals surface area (Å²) in [6.07, 6.45) is 0. The van der Waals surface area contributed by atoms with Crippen molar-refractivity contribution in [2.24, 2.45) is 0 Å². The number of nitrogens with one attached hydrogen (secondary N) is 1. The zero-order chi connectivity index (χ0) is 15.4. The summed E-state index contributed by atoms with van der Waals surface area (Å²) in [5, 5.41) is 13.3. The summed E-state index contributed by atoms with van der Waals surface area (Å²) < 4.78 is 20.5. The van der Waals surface area contributed by atoms with E-state index in [9.17, 15) is 9.50 Å². The second kappa shape index (κ2) is 7.88. The monoisotopic (exact) mass is 337 g/mol. The molecule has 1 heterocycles. The number of benzene rings is 2. The van der Waals surface area contributed by atoms with Gasteiger partial charge >= 0.3 is 0 Å². The zero-order valence-electron chi connectivity index (χ0n) is 12.7. The molecule has 0 bridgehead atoms. The van der Waals surface area contributed by atoms with Crippen LogP contribution in [0.4, 0.5) is 4.39 Å². The first-order chi connectivity index (χ1) is 10.8. The van der Waals surface area contributed by atoms with Crippen molar-refractivity contribution in [3.8, 4) is 0 Å². The summed E-state index contributed by atoms with van der Waals surface area (Å²) in [5.41, 5.74) is 0.529. The van der Waals surface area contributed by atoms with Crippen LogP contribution in [0.15, 0.2) is 54.6 Å². The van der Waals surface area contributed by atoms with E-state index >= 15 is 0 Å². The maximum atomic E-state index is 14.4. The summed E-state index contributed by atoms with van der Waals surface area (Å²) in [6.45, 7) is 1.56. The highest BCUT2D eigenvalue weighted by Crippen LogP contribution is 2.41. The van der Waals surface area contributed by atoms with Crippen LogP contribution in [-0.4, -0.2) is 31.4 Å². The topological polar surface area (TPSA) is 41.5 Å². The number of aliphatic hydroxyl groups excluding tert-OH is 1. The van der Waals surface area contributed by atoms with Gasteiger partial charge in [-0.15, -0.1) is 12.4 Å². The molecule has 5 heteroatoms. The lowest BCUT2D eigenvalue weighted by atomic mass is 9.76. The smallest absolute Gasteiger partial charge is 0.129 e. The minimum absolute atomic E-state index is 0. The lowest BCUT2D eigenvalue weighted by molar-refractivity contribution is -0.101. The first-order valence-electron chi connectivity index (χ1n) is 7.53. The van der Waals surface area contributed by atoms with Gasteiger partial charge in [-0.05, 0) is 11.6 Å². The molecule has 2 atom stereocenters. The highest BCUT2D eigenvalue weighted by atomic mass is 35.5. The maximum Gasteiger partial charge on any atom is 0.129 e. The van der Waals surface area contributed by atoms with E-state index in [-0.39, 0.29) is 30.7 Å². The molecule has 1 fully saturated rings. The van der Waals surface area contributed by atoms with Crippen LogP contribution in [0.3, 0.4) is 0 Å². The molecule has 1 saturated heterocycles. The first kappa shape index (κ1) is 17.9. The van der Waals surface area contributed by atoms with Crippen LogP contribution in [-0.2, 0) is 10.3 Å². The SMILES string of the molecule is Cl.OCC(c1ccccc1)C1(c2ccccc2F)CNCCO1. The maximum absolute atomic E-state index is 14.4. The van der Waals surface area contributed by atoms with E-state index in [2.05, 4.69) is 5.32 Å². The van der Waals surface area contributed by atoms with E-state index in [4.69, 9.17) is 4.74 Å². The van der Waals surface area contributed by atoms with Crippen LogP contribution in [0, 0.1) is 5.82 Å². The van der Waals surface area contributed by atoms with Crippen molar-refractivity contribution in [2.45, 2.75) is 11.5 Å². The Hall–Kier alpha value is -1.46. The Morgan fingerprint density at radius 2 is 1.83 bits per heavy atom. The average Bonchev–Trinajstić information content (AvgIpc) is 2.58. The molecule has 0 saturated carbocycles. The van der Waals surface area contributed by atoms with Crippen LogP contribution < -0.4 is 5.32 Å². The number of hydrogen-bond acceptors (Lipinski definition) is 3. The molecule has 0 radical (unpaired) electrons. The van der Waals surface area contributed by atoms with Gasteiger partial charge in [0.15, 0.2) is 0 Å². The molecule has 124 valence electrons. The Labute approximate surface area is 141 Å². The molecule has 3 rings (SSSR count). The second-order valence-corrected chi connectivity index (χ2v) is 5.54. The standard InChI is InChI=1S/C18H20FNO2.ClH/c19-17-9-5-4-8-15(17)18(13-20-10-11-22-18)16(12-21)14-6-2-1-3-7-14;/h1-9,16,20-21H,10-13H2;1H. The minimum atomic E-state index is -0.903. The lowest BCUT2D eigenvalue weighted by Crippen LogP contribution is -2.52. The van der Waals surface area contributed by atoms with Crippen LogP contribution >= 0.6 is 12.4 Å². The van der Waals surface area contributed by atoms with Crippen LogP contribution in [0.2, 0.25) is 0 Å². The highest BCUT2D eigenvalue weighted by Gasteiger charge is 2.45. The van der Waals surface area contributed by atoms with Gasteiger partial charge in [0.2, 0.25) is 0 Å². The van der Waals surface area contributed by atoms with E-state index in [0.29, 0.717) is 18.7 Å². The Morgan fingerprint density at radius 1 is 1.13 bits per heavy atom. The zero-order valence-corrected chi connectivity index (χ0v) is 13.6. The summed E-state index contributed by atoms with van der Waals surface area (Å²) in [6, 6.07) is 16.3. The summed E-state index contributed by atoms with van der Waals surface area (Å²) in [4.78, 5) is 0. The fraction of sp³-hybridized carbons (Fsp3) is 0.333. The van der Waals surface area contributed by atoms with Gasteiger partial charge in [-0.3, -0.25) is 0 Å². The van der Waals surface area contributed by atoms with Crippen LogP contribution in [0.25, 0.3) is 0 Å². The molecule has 2 unspecified atom stereocenters. The normalized spacial score (nSPS) is 22.2. The molecule has 2 aromatic carbocycles. The Kier molecular flexibility index (Phi) is 6.13. The Morgan fingerprint density at radius 3 is 2.43 bits per heavy atom. The molecule has 2 N–H and O–H groups in total. The quantitative estimate of drug-likeness (QED) is 0.901. The molecule has 1 aliphatic rings. The molecule has 0 amide bonds. The summed E-state index contributed by atoms with van der Waals surface area (Å²) in [7, 11) is 0. The number of aliphatic hydroxyl groups is 1. The van der Waals surface area contributed by atoms with E-state index in [1.807, 2.05) is 30.3 Å². The predicted molar refractivity (Wildman–Crippen MR) is 90.4 cm³/mol. The third-order valence-electron chi connectivity index (χ3n) is 4.30. The third kappa shape index (κ3) is 3.40. The van der Waals surface area contributed by atoms with Crippen molar-refractivity contribution in [1.82, 2.24) is 5.32 Å². The van der Waals surface area contributed by atoms with Gasteiger partial charge in [-0.1, -0.05) is 48.5 Å². The van der Waals surface area contributed by atoms with Gasteiger partial charge in [-0.2, -0.15) is 0 Å². The third-order valence-corrected chi connectivity index (χ3v) is 4.30. The molecular formula is C18H21ClFNO2. The number of rotatable bonds is 4. The summed E-state index contributed by atoms with van der Waals surface area (Å²) in [5.74, 6) is -0.640. The fourth-order valence-electron chi connectivity index (χ4n) is 3.23. The average molecular weight is 338 g/mol. The number of halogens is 2. The van der Waals surface area contributed by atoms with Gasteiger partial charge < -0.3 is 15.2 Å². The van der Waals surface area contributed by atoms with Crippen molar-refractivity contribution < 1.29 is 14.2 Å². The van der Waals surface area contributed by atoms with Crippen molar-refractivity contribution in [3.05, 3.63) is 71.5 Å². The molecule has 0 spiro atoms. The second-order valence-electron chi connectivity index (χ2n) is 5.54. The minimum Gasteiger partial charge on any atom is -0.396 e. The van der Waals surface area contributed by atoms with E-state index in [1.54, 1.807) is 18.2 Å². The van der Waals surface area contributed by atoms with Gasteiger partial charge in [0.1, 0.15) is 11.4 Å². The highest BCUT2D eigenvalue weighted by molar-refractivity contribution is 5.85. The number of morpholine rings is 1. The number of ether oxygens (including phenoxy) is 1. The lowest BCUT2D eigenvalue weighted by Gasteiger charge is -2.43. The van der Waals surface area contributed by atoms with Crippen molar-refractivity contribution in [1.29, 1.82) is 0 Å². The summed E-state index contributed by atoms with van der Waals surface area (Å²) >= 11 is 0. The molecule has 3 nitrogen and oxygen atoms in total. The van der Waals surface area contributed by atoms with Crippen molar-refractivity contribution in [2.75, 3.05) is 26.3 Å². The van der Waals surface area contributed by atoms with Gasteiger partial charge in [0, 0.05) is 24.6 Å². The number of hydrogen-bond donors (Lipinski definition) is 2.